The van der Waals surface area contributed by atoms with Gasteiger partial charge in [-0.1, -0.05) is 24.3 Å². The lowest BCUT2D eigenvalue weighted by Gasteiger charge is -2.26. The maximum atomic E-state index is 11.9. The van der Waals surface area contributed by atoms with Gasteiger partial charge in [0.15, 0.2) is 0 Å². The summed E-state index contributed by atoms with van der Waals surface area (Å²) in [6, 6.07) is 8.46. The molecule has 0 aromatic heterocycles. The van der Waals surface area contributed by atoms with Crippen molar-refractivity contribution in [3.8, 4) is 0 Å². The highest BCUT2D eigenvalue weighted by Crippen LogP contribution is 2.12. The average Bonchev–Trinajstić information content (AvgIpc) is 3.19. The molecule has 2 fully saturated rings. The molecule has 1 atom stereocenters. The molecule has 3 rings (SSSR count). The van der Waals surface area contributed by atoms with Gasteiger partial charge in [-0.3, -0.25) is 9.69 Å². The lowest BCUT2D eigenvalue weighted by molar-refractivity contribution is -0.122. The molecule has 6 nitrogen and oxygen atoms in total. The molecular weight excluding hydrogens is 332 g/mol. The molecule has 0 bridgehead atoms. The third kappa shape index (κ3) is 6.68. The lowest BCUT2D eigenvalue weighted by Crippen LogP contribution is -2.35. The topological polar surface area (TPSA) is 60.0 Å². The third-order valence-electron chi connectivity index (χ3n) is 4.82. The zero-order valence-electron chi connectivity index (χ0n) is 15.5. The van der Waals surface area contributed by atoms with E-state index >= 15 is 0 Å². The Kier molecular flexibility index (Phi) is 7.88. The van der Waals surface area contributed by atoms with E-state index in [4.69, 9.17) is 14.2 Å². The number of hydrogen-bond donors (Lipinski definition) is 1. The largest absolute Gasteiger partial charge is 0.379 e. The molecule has 2 aliphatic rings. The molecule has 0 spiro atoms. The Hall–Kier alpha value is -1.47. The van der Waals surface area contributed by atoms with Crippen LogP contribution >= 0.6 is 0 Å². The van der Waals surface area contributed by atoms with Gasteiger partial charge in [-0.25, -0.2) is 0 Å². The predicted octanol–water partition coefficient (Wildman–Crippen LogP) is 1.72. The van der Waals surface area contributed by atoms with Crippen LogP contribution in [0.5, 0.6) is 0 Å². The first-order chi connectivity index (χ1) is 12.8. The van der Waals surface area contributed by atoms with Crippen LogP contribution in [0.3, 0.4) is 0 Å². The third-order valence-corrected chi connectivity index (χ3v) is 4.82. The van der Waals surface area contributed by atoms with Crippen LogP contribution in [0.15, 0.2) is 24.3 Å². The van der Waals surface area contributed by atoms with Crippen LogP contribution in [0.1, 0.15) is 30.4 Å². The first kappa shape index (κ1) is 19.3. The fourth-order valence-corrected chi connectivity index (χ4v) is 3.22. The van der Waals surface area contributed by atoms with Crippen LogP contribution in [0.4, 0.5) is 0 Å². The molecule has 0 aliphatic carbocycles. The van der Waals surface area contributed by atoms with Crippen LogP contribution in [-0.4, -0.2) is 63.0 Å². The first-order valence-electron chi connectivity index (χ1n) is 9.63. The number of ether oxygens (including phenoxy) is 3. The normalized spacial score (nSPS) is 21.0. The second kappa shape index (κ2) is 10.6. The Morgan fingerprint density at radius 3 is 2.65 bits per heavy atom. The zero-order chi connectivity index (χ0) is 18.0. The van der Waals surface area contributed by atoms with E-state index < -0.39 is 0 Å². The van der Waals surface area contributed by atoms with Crippen LogP contribution < -0.4 is 5.32 Å². The van der Waals surface area contributed by atoms with Crippen molar-refractivity contribution in [2.45, 2.75) is 38.5 Å². The van der Waals surface area contributed by atoms with E-state index in [1.807, 2.05) is 0 Å². The average molecular weight is 362 g/mol. The number of rotatable bonds is 9. The minimum Gasteiger partial charge on any atom is -0.379 e. The standard InChI is InChI=1S/C20H30N2O4/c23-20(7-11-25-16-19-2-1-10-26-19)21-14-17-3-5-18(6-4-17)15-22-8-12-24-13-9-22/h3-6,19H,1-2,7-16H2,(H,21,23)/t19-/m0/s1. The summed E-state index contributed by atoms with van der Waals surface area (Å²) in [7, 11) is 0. The highest BCUT2D eigenvalue weighted by molar-refractivity contribution is 5.75. The number of benzene rings is 1. The Balaban J connectivity index is 1.29. The summed E-state index contributed by atoms with van der Waals surface area (Å²) < 4.78 is 16.4. The summed E-state index contributed by atoms with van der Waals surface area (Å²) in [5.74, 6) is 0.0229. The fraction of sp³-hybridized carbons (Fsp3) is 0.650. The quantitative estimate of drug-likeness (QED) is 0.678. The second-order valence-corrected chi connectivity index (χ2v) is 6.94. The van der Waals surface area contributed by atoms with Gasteiger partial charge in [0.2, 0.25) is 5.91 Å². The Morgan fingerprint density at radius 2 is 1.92 bits per heavy atom. The van der Waals surface area contributed by atoms with E-state index in [-0.39, 0.29) is 12.0 Å². The number of carbonyl (C=O) groups excluding carboxylic acids is 1. The predicted molar refractivity (Wildman–Crippen MR) is 98.8 cm³/mol. The number of nitrogens with zero attached hydrogens (tertiary/aromatic N) is 1. The molecule has 2 heterocycles. The minimum absolute atomic E-state index is 0.0229. The molecule has 26 heavy (non-hydrogen) atoms. The van der Waals surface area contributed by atoms with E-state index in [2.05, 4.69) is 34.5 Å². The van der Waals surface area contributed by atoms with Gasteiger partial charge < -0.3 is 19.5 Å². The molecule has 0 unspecified atom stereocenters. The van der Waals surface area contributed by atoms with Gasteiger partial charge in [0, 0.05) is 39.2 Å². The van der Waals surface area contributed by atoms with Gasteiger partial charge in [0.1, 0.15) is 0 Å². The van der Waals surface area contributed by atoms with Gasteiger partial charge >= 0.3 is 0 Å². The highest BCUT2D eigenvalue weighted by Gasteiger charge is 2.15. The lowest BCUT2D eigenvalue weighted by atomic mass is 10.1. The molecule has 0 saturated carbocycles. The van der Waals surface area contributed by atoms with E-state index in [0.717, 1.165) is 57.9 Å². The Bertz CT molecular complexity index is 537. The summed E-state index contributed by atoms with van der Waals surface area (Å²) in [6.45, 7) is 7.02. The maximum absolute atomic E-state index is 11.9. The van der Waals surface area contributed by atoms with E-state index in [9.17, 15) is 4.79 Å². The number of amides is 1. The molecule has 2 aliphatic heterocycles. The van der Waals surface area contributed by atoms with Crippen LogP contribution in [0.25, 0.3) is 0 Å². The summed E-state index contributed by atoms with van der Waals surface area (Å²) >= 11 is 0. The van der Waals surface area contributed by atoms with Crippen molar-refractivity contribution in [3.63, 3.8) is 0 Å². The maximum Gasteiger partial charge on any atom is 0.222 e. The van der Waals surface area contributed by atoms with Gasteiger partial charge in [-0.15, -0.1) is 0 Å². The zero-order valence-corrected chi connectivity index (χ0v) is 15.5. The number of morpholine rings is 1. The summed E-state index contributed by atoms with van der Waals surface area (Å²) in [4.78, 5) is 14.3. The Labute approximate surface area is 155 Å². The van der Waals surface area contributed by atoms with Gasteiger partial charge in [-0.2, -0.15) is 0 Å². The smallest absolute Gasteiger partial charge is 0.222 e. The molecule has 1 aromatic carbocycles. The van der Waals surface area contributed by atoms with Crippen molar-refractivity contribution < 1.29 is 19.0 Å². The van der Waals surface area contributed by atoms with Crippen molar-refractivity contribution in [1.82, 2.24) is 10.2 Å². The number of hydrogen-bond acceptors (Lipinski definition) is 5. The molecule has 1 amide bonds. The fourth-order valence-electron chi connectivity index (χ4n) is 3.22. The van der Waals surface area contributed by atoms with Gasteiger partial charge in [0.25, 0.3) is 0 Å². The summed E-state index contributed by atoms with van der Waals surface area (Å²) in [5.41, 5.74) is 2.41. The molecule has 2 saturated heterocycles. The van der Waals surface area contributed by atoms with Crippen LogP contribution in [-0.2, 0) is 32.1 Å². The first-order valence-corrected chi connectivity index (χ1v) is 9.63. The van der Waals surface area contributed by atoms with Crippen molar-refractivity contribution in [3.05, 3.63) is 35.4 Å². The number of nitrogens with one attached hydrogen (secondary N) is 1. The summed E-state index contributed by atoms with van der Waals surface area (Å²) in [5, 5.41) is 2.95. The Morgan fingerprint density at radius 1 is 1.15 bits per heavy atom. The van der Waals surface area contributed by atoms with E-state index in [1.54, 1.807) is 0 Å². The van der Waals surface area contributed by atoms with Crippen LogP contribution in [0, 0.1) is 0 Å². The molecule has 6 heteroatoms. The van der Waals surface area contributed by atoms with Crippen molar-refractivity contribution in [2.75, 3.05) is 46.1 Å². The minimum atomic E-state index is 0.0229. The van der Waals surface area contributed by atoms with E-state index in [1.165, 1.54) is 5.56 Å². The molecule has 144 valence electrons. The highest BCUT2D eigenvalue weighted by atomic mass is 16.5. The van der Waals surface area contributed by atoms with Gasteiger partial charge in [0.05, 0.1) is 32.5 Å². The molecular formula is C20H30N2O4. The van der Waals surface area contributed by atoms with Gasteiger partial charge in [-0.05, 0) is 24.0 Å². The van der Waals surface area contributed by atoms with E-state index in [0.29, 0.717) is 26.2 Å². The SMILES string of the molecule is O=C(CCOC[C@@H]1CCCO1)NCc1ccc(CN2CCOCC2)cc1. The molecule has 0 radical (unpaired) electrons. The van der Waals surface area contributed by atoms with Crippen LogP contribution in [0.2, 0.25) is 0 Å². The van der Waals surface area contributed by atoms with Crippen molar-refractivity contribution in [2.24, 2.45) is 0 Å². The molecule has 1 N–H and O–H groups in total. The number of carbonyl (C=O) groups is 1. The monoisotopic (exact) mass is 362 g/mol. The molecule has 1 aromatic rings. The second-order valence-electron chi connectivity index (χ2n) is 6.94. The summed E-state index contributed by atoms with van der Waals surface area (Å²) in [6.07, 6.45) is 2.78. The van der Waals surface area contributed by atoms with Crippen molar-refractivity contribution >= 4 is 5.91 Å². The van der Waals surface area contributed by atoms with Crippen molar-refractivity contribution in [1.29, 1.82) is 0 Å².